The first-order chi connectivity index (χ1) is 9.69. The maximum absolute atomic E-state index is 2.53. The fourth-order valence-electron chi connectivity index (χ4n) is 3.46. The monoisotopic (exact) mass is 269 g/mol. The summed E-state index contributed by atoms with van der Waals surface area (Å²) in [5.74, 6) is 0. The molecule has 0 spiro atoms. The zero-order valence-electron chi connectivity index (χ0n) is 13.6. The van der Waals surface area contributed by atoms with Crippen molar-refractivity contribution in [3.8, 4) is 5.69 Å². The van der Waals surface area contributed by atoms with E-state index in [1.807, 2.05) is 0 Å². The van der Waals surface area contributed by atoms with Crippen LogP contribution in [0.3, 0.4) is 0 Å². The largest absolute Gasteiger partial charge is 0.317 e. The van der Waals surface area contributed by atoms with Gasteiger partial charge in [0.1, 0.15) is 0 Å². The molecule has 1 heteroatoms. The molecular formula is C19H27N. The van der Waals surface area contributed by atoms with Crippen LogP contribution in [-0.4, -0.2) is 4.57 Å². The Morgan fingerprint density at radius 1 is 0.750 bits per heavy atom. The molecule has 0 unspecified atom stereocenters. The van der Waals surface area contributed by atoms with Gasteiger partial charge < -0.3 is 4.57 Å². The molecule has 0 saturated heterocycles. The van der Waals surface area contributed by atoms with Crippen LogP contribution in [0.2, 0.25) is 0 Å². The molecule has 0 saturated carbocycles. The molecule has 2 aromatic rings. The summed E-state index contributed by atoms with van der Waals surface area (Å²) in [6, 6.07) is 8.75. The van der Waals surface area contributed by atoms with Crippen LogP contribution in [0.25, 0.3) is 5.69 Å². The highest BCUT2D eigenvalue weighted by Gasteiger charge is 2.19. The van der Waals surface area contributed by atoms with Gasteiger partial charge in [-0.3, -0.25) is 0 Å². The minimum atomic E-state index is 1.10. The maximum Gasteiger partial charge on any atom is 0.0484 e. The number of hydrogen-bond acceptors (Lipinski definition) is 0. The predicted octanol–water partition coefficient (Wildman–Crippen LogP) is 5.04. The minimum Gasteiger partial charge on any atom is -0.317 e. The first-order valence-electron chi connectivity index (χ1n) is 7.99. The van der Waals surface area contributed by atoms with Gasteiger partial charge in [0.2, 0.25) is 0 Å². The molecule has 1 aromatic carbocycles. The first-order valence-corrected chi connectivity index (χ1v) is 7.99. The third-order valence-corrected chi connectivity index (χ3v) is 4.33. The molecule has 1 heterocycles. The van der Waals surface area contributed by atoms with Gasteiger partial charge in [0.25, 0.3) is 0 Å². The van der Waals surface area contributed by atoms with Gasteiger partial charge in [0.15, 0.2) is 0 Å². The summed E-state index contributed by atoms with van der Waals surface area (Å²) in [5.41, 5.74) is 8.89. The lowest BCUT2D eigenvalue weighted by molar-refractivity contribution is 0.848. The van der Waals surface area contributed by atoms with Gasteiger partial charge in [-0.2, -0.15) is 0 Å². The third kappa shape index (κ3) is 2.30. The summed E-state index contributed by atoms with van der Waals surface area (Å²) in [6.07, 6.45) is 4.48. The molecule has 0 amide bonds. The predicted molar refractivity (Wildman–Crippen MR) is 88.0 cm³/mol. The molecule has 108 valence electrons. The normalized spacial score (nSPS) is 11.1. The molecule has 2 rings (SSSR count). The van der Waals surface area contributed by atoms with Gasteiger partial charge in [-0.25, -0.2) is 0 Å². The molecule has 1 aromatic heterocycles. The first kappa shape index (κ1) is 14.9. The van der Waals surface area contributed by atoms with E-state index in [0.29, 0.717) is 0 Å². The van der Waals surface area contributed by atoms with E-state index in [1.54, 1.807) is 11.1 Å². The van der Waals surface area contributed by atoms with Crippen molar-refractivity contribution >= 4 is 0 Å². The summed E-state index contributed by atoms with van der Waals surface area (Å²) < 4.78 is 2.53. The SMILES string of the molecule is CCc1c(CC)c(CC)n(-c2ccccc2C)c1CC. The van der Waals surface area contributed by atoms with E-state index < -0.39 is 0 Å². The fraction of sp³-hybridized carbons (Fsp3) is 0.474. The molecular weight excluding hydrogens is 242 g/mol. The number of para-hydroxylation sites is 1. The van der Waals surface area contributed by atoms with Gasteiger partial charge in [-0.05, 0) is 55.4 Å². The Morgan fingerprint density at radius 2 is 1.25 bits per heavy atom. The number of aromatic nitrogens is 1. The second-order valence-corrected chi connectivity index (χ2v) is 5.39. The topological polar surface area (TPSA) is 4.93 Å². The smallest absolute Gasteiger partial charge is 0.0484 e. The van der Waals surface area contributed by atoms with Crippen LogP contribution in [0.15, 0.2) is 24.3 Å². The second kappa shape index (κ2) is 6.30. The lowest BCUT2D eigenvalue weighted by Gasteiger charge is -2.15. The molecule has 0 aliphatic heterocycles. The number of hydrogen-bond donors (Lipinski definition) is 0. The number of rotatable bonds is 5. The van der Waals surface area contributed by atoms with E-state index in [4.69, 9.17) is 0 Å². The molecule has 0 atom stereocenters. The molecule has 0 aliphatic carbocycles. The Labute approximate surface area is 123 Å². The van der Waals surface area contributed by atoms with Crippen LogP contribution >= 0.6 is 0 Å². The number of benzene rings is 1. The van der Waals surface area contributed by atoms with E-state index in [2.05, 4.69) is 63.5 Å². The van der Waals surface area contributed by atoms with Gasteiger partial charge in [0.05, 0.1) is 0 Å². The molecule has 0 radical (unpaired) electrons. The average molecular weight is 269 g/mol. The van der Waals surface area contributed by atoms with Crippen molar-refractivity contribution in [3.63, 3.8) is 0 Å². The molecule has 20 heavy (non-hydrogen) atoms. The fourth-order valence-corrected chi connectivity index (χ4v) is 3.46. The van der Waals surface area contributed by atoms with Crippen LogP contribution in [-0.2, 0) is 25.7 Å². The highest BCUT2D eigenvalue weighted by molar-refractivity contribution is 5.50. The lowest BCUT2D eigenvalue weighted by atomic mass is 10.0. The summed E-state index contributed by atoms with van der Waals surface area (Å²) >= 11 is 0. The average Bonchev–Trinajstić information content (AvgIpc) is 2.79. The van der Waals surface area contributed by atoms with Crippen LogP contribution in [0.4, 0.5) is 0 Å². The Morgan fingerprint density at radius 3 is 1.65 bits per heavy atom. The van der Waals surface area contributed by atoms with Gasteiger partial charge in [-0.1, -0.05) is 45.9 Å². The van der Waals surface area contributed by atoms with E-state index in [-0.39, 0.29) is 0 Å². The Kier molecular flexibility index (Phi) is 4.69. The van der Waals surface area contributed by atoms with Crippen LogP contribution in [0.1, 0.15) is 55.8 Å². The molecule has 0 aliphatic rings. The van der Waals surface area contributed by atoms with E-state index in [9.17, 15) is 0 Å². The van der Waals surface area contributed by atoms with E-state index in [1.165, 1.54) is 22.6 Å². The molecule has 1 nitrogen and oxygen atoms in total. The Hall–Kier alpha value is -1.50. The van der Waals surface area contributed by atoms with Crippen molar-refractivity contribution < 1.29 is 0 Å². The summed E-state index contributed by atoms with van der Waals surface area (Å²) in [4.78, 5) is 0. The van der Waals surface area contributed by atoms with Crippen molar-refractivity contribution in [2.24, 2.45) is 0 Å². The van der Waals surface area contributed by atoms with Crippen molar-refractivity contribution in [1.82, 2.24) is 4.57 Å². The number of aryl methyl sites for hydroxylation is 1. The second-order valence-electron chi connectivity index (χ2n) is 5.39. The van der Waals surface area contributed by atoms with Crippen molar-refractivity contribution in [1.29, 1.82) is 0 Å². The van der Waals surface area contributed by atoms with E-state index >= 15 is 0 Å². The minimum absolute atomic E-state index is 1.10. The highest BCUT2D eigenvalue weighted by Crippen LogP contribution is 2.30. The quantitative estimate of drug-likeness (QED) is 0.717. The van der Waals surface area contributed by atoms with Gasteiger partial charge in [-0.15, -0.1) is 0 Å². The van der Waals surface area contributed by atoms with Crippen LogP contribution < -0.4 is 0 Å². The van der Waals surface area contributed by atoms with Crippen molar-refractivity contribution in [2.45, 2.75) is 60.3 Å². The summed E-state index contributed by atoms with van der Waals surface area (Å²) in [7, 11) is 0. The zero-order valence-corrected chi connectivity index (χ0v) is 13.6. The molecule has 0 bridgehead atoms. The third-order valence-electron chi connectivity index (χ3n) is 4.33. The highest BCUT2D eigenvalue weighted by atomic mass is 15.0. The summed E-state index contributed by atoms with van der Waals surface area (Å²) in [6.45, 7) is 11.3. The van der Waals surface area contributed by atoms with Crippen molar-refractivity contribution in [2.75, 3.05) is 0 Å². The van der Waals surface area contributed by atoms with Crippen LogP contribution in [0.5, 0.6) is 0 Å². The van der Waals surface area contributed by atoms with Crippen molar-refractivity contribution in [3.05, 3.63) is 52.3 Å². The maximum atomic E-state index is 2.53. The molecule has 0 fully saturated rings. The molecule has 0 N–H and O–H groups in total. The lowest BCUT2D eigenvalue weighted by Crippen LogP contribution is -2.06. The van der Waals surface area contributed by atoms with Gasteiger partial charge in [0, 0.05) is 17.1 Å². The van der Waals surface area contributed by atoms with E-state index in [0.717, 1.165) is 25.7 Å². The number of nitrogens with zero attached hydrogens (tertiary/aromatic N) is 1. The Balaban J connectivity index is 2.81. The Bertz CT molecular complexity index is 561. The summed E-state index contributed by atoms with van der Waals surface area (Å²) in [5, 5.41) is 0. The standard InChI is InChI=1S/C19H27N/c1-6-15-16(7-2)18(9-4)20(17(15)8-3)19-13-11-10-12-14(19)5/h10-13H,6-9H2,1-5H3. The zero-order chi connectivity index (χ0) is 14.7. The van der Waals surface area contributed by atoms with Crippen LogP contribution in [0, 0.1) is 6.92 Å². The van der Waals surface area contributed by atoms with Gasteiger partial charge >= 0.3 is 0 Å².